The molecule has 0 aliphatic heterocycles. The molecule has 1 aromatic rings. The Morgan fingerprint density at radius 1 is 1.21 bits per heavy atom. The van der Waals surface area contributed by atoms with Crippen molar-refractivity contribution in [1.82, 2.24) is 0 Å². The third-order valence-electron chi connectivity index (χ3n) is 4.34. The van der Waals surface area contributed by atoms with Crippen molar-refractivity contribution in [2.45, 2.75) is 52.5 Å². The summed E-state index contributed by atoms with van der Waals surface area (Å²) < 4.78 is 13.9. The third kappa shape index (κ3) is 3.71. The molecular formula is C16H23BrFN. The first-order chi connectivity index (χ1) is 8.97. The highest BCUT2D eigenvalue weighted by Crippen LogP contribution is 2.32. The predicted octanol–water partition coefficient (Wildman–Crippen LogP) is 5.52. The first kappa shape index (κ1) is 14.8. The van der Waals surface area contributed by atoms with Crippen LogP contribution in [0.1, 0.15) is 45.1 Å². The smallest absolute Gasteiger partial charge is 0.137 e. The molecule has 3 heteroatoms. The molecule has 0 atom stereocenters. The van der Waals surface area contributed by atoms with Gasteiger partial charge in [0.2, 0.25) is 0 Å². The summed E-state index contributed by atoms with van der Waals surface area (Å²) in [5.41, 5.74) is 2.04. The van der Waals surface area contributed by atoms with E-state index in [2.05, 4.69) is 35.1 Å². The van der Waals surface area contributed by atoms with Gasteiger partial charge in [-0.3, -0.25) is 0 Å². The molecule has 0 saturated heterocycles. The SMILES string of the molecule is Cc1cc(F)c(Br)cc1NC1CCC(C(C)C)CC1. The summed E-state index contributed by atoms with van der Waals surface area (Å²) in [4.78, 5) is 0. The highest BCUT2D eigenvalue weighted by Gasteiger charge is 2.23. The van der Waals surface area contributed by atoms with E-state index in [1.165, 1.54) is 25.7 Å². The quantitative estimate of drug-likeness (QED) is 0.770. The summed E-state index contributed by atoms with van der Waals surface area (Å²) in [6.07, 6.45) is 5.04. The van der Waals surface area contributed by atoms with E-state index in [1.54, 1.807) is 6.07 Å². The Hall–Kier alpha value is -0.570. The van der Waals surface area contributed by atoms with Crippen LogP contribution in [0.5, 0.6) is 0 Å². The Morgan fingerprint density at radius 2 is 1.84 bits per heavy atom. The number of aryl methyl sites for hydroxylation is 1. The fourth-order valence-electron chi connectivity index (χ4n) is 2.95. The van der Waals surface area contributed by atoms with Crippen molar-refractivity contribution in [3.05, 3.63) is 28.0 Å². The number of hydrogen-bond acceptors (Lipinski definition) is 1. The van der Waals surface area contributed by atoms with Gasteiger partial charge in [0.05, 0.1) is 4.47 Å². The zero-order valence-electron chi connectivity index (χ0n) is 12.0. The Labute approximate surface area is 124 Å². The first-order valence-corrected chi connectivity index (χ1v) is 7.99. The summed E-state index contributed by atoms with van der Waals surface area (Å²) in [5.74, 6) is 1.48. The number of hydrogen-bond donors (Lipinski definition) is 1. The second-order valence-electron chi connectivity index (χ2n) is 6.08. The standard InChI is InChI=1S/C16H23BrFN/c1-10(2)12-4-6-13(7-5-12)19-16-9-14(17)15(18)8-11(16)3/h8-10,12-13,19H,4-7H2,1-3H3. The molecular weight excluding hydrogens is 305 g/mol. The van der Waals surface area contributed by atoms with E-state index in [-0.39, 0.29) is 5.82 Å². The molecule has 2 rings (SSSR count). The number of anilines is 1. The molecule has 0 bridgehead atoms. The lowest BCUT2D eigenvalue weighted by molar-refractivity contribution is 0.267. The second kappa shape index (κ2) is 6.25. The van der Waals surface area contributed by atoms with Crippen molar-refractivity contribution in [2.24, 2.45) is 11.8 Å². The molecule has 1 fully saturated rings. The van der Waals surface area contributed by atoms with Gasteiger partial charge in [-0.2, -0.15) is 0 Å². The molecule has 0 unspecified atom stereocenters. The normalized spacial score (nSPS) is 23.7. The molecule has 1 aliphatic carbocycles. The zero-order chi connectivity index (χ0) is 14.0. The van der Waals surface area contributed by atoms with E-state index in [9.17, 15) is 4.39 Å². The first-order valence-electron chi connectivity index (χ1n) is 7.19. The second-order valence-corrected chi connectivity index (χ2v) is 6.94. The fraction of sp³-hybridized carbons (Fsp3) is 0.625. The summed E-state index contributed by atoms with van der Waals surface area (Å²) in [5, 5.41) is 3.58. The minimum atomic E-state index is -0.188. The van der Waals surface area contributed by atoms with Crippen LogP contribution in [0.4, 0.5) is 10.1 Å². The molecule has 0 amide bonds. The van der Waals surface area contributed by atoms with E-state index in [0.29, 0.717) is 10.5 Å². The van der Waals surface area contributed by atoms with E-state index in [4.69, 9.17) is 0 Å². The van der Waals surface area contributed by atoms with E-state index in [0.717, 1.165) is 23.1 Å². The van der Waals surface area contributed by atoms with Crippen molar-refractivity contribution in [1.29, 1.82) is 0 Å². The van der Waals surface area contributed by atoms with Crippen LogP contribution in [0.15, 0.2) is 16.6 Å². The fourth-order valence-corrected chi connectivity index (χ4v) is 3.30. The molecule has 1 saturated carbocycles. The Kier molecular flexibility index (Phi) is 4.88. The van der Waals surface area contributed by atoms with Crippen LogP contribution in [0.25, 0.3) is 0 Å². The monoisotopic (exact) mass is 327 g/mol. The Morgan fingerprint density at radius 3 is 2.42 bits per heavy atom. The van der Waals surface area contributed by atoms with Gasteiger partial charge in [-0.05, 0) is 78.1 Å². The molecule has 1 aliphatic rings. The average Bonchev–Trinajstić information content (AvgIpc) is 2.36. The van der Waals surface area contributed by atoms with Gasteiger partial charge in [0.15, 0.2) is 0 Å². The zero-order valence-corrected chi connectivity index (χ0v) is 13.6. The van der Waals surface area contributed by atoms with Crippen molar-refractivity contribution >= 4 is 21.6 Å². The molecule has 0 spiro atoms. The lowest BCUT2D eigenvalue weighted by Crippen LogP contribution is -2.28. The number of halogens is 2. The van der Waals surface area contributed by atoms with Crippen LogP contribution in [0, 0.1) is 24.6 Å². The number of benzene rings is 1. The number of rotatable bonds is 3. The van der Waals surface area contributed by atoms with E-state index in [1.807, 2.05) is 13.0 Å². The maximum absolute atomic E-state index is 13.4. The van der Waals surface area contributed by atoms with Gasteiger partial charge < -0.3 is 5.32 Å². The minimum absolute atomic E-state index is 0.188. The lowest BCUT2D eigenvalue weighted by atomic mass is 9.79. The largest absolute Gasteiger partial charge is 0.382 e. The van der Waals surface area contributed by atoms with Crippen LogP contribution >= 0.6 is 15.9 Å². The maximum Gasteiger partial charge on any atom is 0.137 e. The molecule has 1 nitrogen and oxygen atoms in total. The van der Waals surface area contributed by atoms with Crippen molar-refractivity contribution in [2.75, 3.05) is 5.32 Å². The van der Waals surface area contributed by atoms with Gasteiger partial charge in [0, 0.05) is 11.7 Å². The van der Waals surface area contributed by atoms with Gasteiger partial charge in [-0.25, -0.2) is 4.39 Å². The molecule has 1 aromatic carbocycles. The average molecular weight is 328 g/mol. The van der Waals surface area contributed by atoms with Crippen molar-refractivity contribution in [3.63, 3.8) is 0 Å². The predicted molar refractivity (Wildman–Crippen MR) is 83.0 cm³/mol. The van der Waals surface area contributed by atoms with Crippen molar-refractivity contribution < 1.29 is 4.39 Å². The molecule has 19 heavy (non-hydrogen) atoms. The van der Waals surface area contributed by atoms with Gasteiger partial charge in [-0.1, -0.05) is 13.8 Å². The van der Waals surface area contributed by atoms with E-state index >= 15 is 0 Å². The van der Waals surface area contributed by atoms with Gasteiger partial charge in [0.1, 0.15) is 5.82 Å². The number of nitrogens with one attached hydrogen (secondary N) is 1. The van der Waals surface area contributed by atoms with Crippen LogP contribution in [-0.4, -0.2) is 6.04 Å². The highest BCUT2D eigenvalue weighted by atomic mass is 79.9. The van der Waals surface area contributed by atoms with Gasteiger partial charge >= 0.3 is 0 Å². The van der Waals surface area contributed by atoms with Crippen LogP contribution in [-0.2, 0) is 0 Å². The van der Waals surface area contributed by atoms with E-state index < -0.39 is 0 Å². The Balaban J connectivity index is 1.98. The lowest BCUT2D eigenvalue weighted by Gasteiger charge is -2.32. The maximum atomic E-state index is 13.4. The highest BCUT2D eigenvalue weighted by molar-refractivity contribution is 9.10. The molecule has 106 valence electrons. The minimum Gasteiger partial charge on any atom is -0.382 e. The third-order valence-corrected chi connectivity index (χ3v) is 4.95. The van der Waals surface area contributed by atoms with Crippen LogP contribution < -0.4 is 5.32 Å². The van der Waals surface area contributed by atoms with Gasteiger partial charge in [0.25, 0.3) is 0 Å². The van der Waals surface area contributed by atoms with Crippen molar-refractivity contribution in [3.8, 4) is 0 Å². The molecule has 0 heterocycles. The topological polar surface area (TPSA) is 12.0 Å². The molecule has 1 N–H and O–H groups in total. The summed E-state index contributed by atoms with van der Waals surface area (Å²) in [6, 6.07) is 3.98. The Bertz CT molecular complexity index is 437. The molecule has 0 radical (unpaired) electrons. The summed E-state index contributed by atoms with van der Waals surface area (Å²) in [7, 11) is 0. The van der Waals surface area contributed by atoms with Crippen LogP contribution in [0.3, 0.4) is 0 Å². The summed E-state index contributed by atoms with van der Waals surface area (Å²) >= 11 is 3.26. The molecule has 0 aromatic heterocycles. The van der Waals surface area contributed by atoms with Crippen LogP contribution in [0.2, 0.25) is 0 Å². The summed E-state index contributed by atoms with van der Waals surface area (Å²) in [6.45, 7) is 6.59. The van der Waals surface area contributed by atoms with Gasteiger partial charge in [-0.15, -0.1) is 0 Å².